The predicted octanol–water partition coefficient (Wildman–Crippen LogP) is 2.05. The van der Waals surface area contributed by atoms with E-state index in [1.165, 1.54) is 0 Å². The molecule has 0 aliphatic carbocycles. The van der Waals surface area contributed by atoms with Crippen molar-refractivity contribution < 1.29 is 14.3 Å². The van der Waals surface area contributed by atoms with Gasteiger partial charge in [0.15, 0.2) is 0 Å². The first-order valence-corrected chi connectivity index (χ1v) is 5.32. The second-order valence-electron chi connectivity index (χ2n) is 2.59. The summed E-state index contributed by atoms with van der Waals surface area (Å²) in [5, 5.41) is -0.263. The molecule has 0 saturated carbocycles. The van der Waals surface area contributed by atoms with Crippen LogP contribution in [0, 0.1) is 0 Å². The van der Waals surface area contributed by atoms with Gasteiger partial charge in [0.25, 0.3) is 0 Å². The van der Waals surface area contributed by atoms with Gasteiger partial charge in [0.05, 0.1) is 7.11 Å². The molecule has 0 aliphatic rings. The molecule has 15 heavy (non-hydrogen) atoms. The van der Waals surface area contributed by atoms with Crippen molar-refractivity contribution in [2.24, 2.45) is 0 Å². The number of carbonyl (C=O) groups is 1. The first-order valence-electron chi connectivity index (χ1n) is 4.10. The molecule has 3 nitrogen and oxygen atoms in total. The van der Waals surface area contributed by atoms with E-state index in [9.17, 15) is 4.79 Å². The van der Waals surface area contributed by atoms with Crippen LogP contribution in [0.4, 0.5) is 4.79 Å². The first kappa shape index (κ1) is 15.5. The van der Waals surface area contributed by atoms with E-state index in [4.69, 9.17) is 9.47 Å². The summed E-state index contributed by atoms with van der Waals surface area (Å²) in [5.74, 6) is 0.796. The van der Waals surface area contributed by atoms with Crippen molar-refractivity contribution in [3.8, 4) is 5.75 Å². The van der Waals surface area contributed by atoms with Crippen LogP contribution >= 0.6 is 11.8 Å². The fourth-order valence-corrected chi connectivity index (χ4v) is 1.10. The molecule has 0 amide bonds. The number of thioether (sulfide) groups is 1. The van der Waals surface area contributed by atoms with Gasteiger partial charge < -0.3 is 9.47 Å². The van der Waals surface area contributed by atoms with Crippen molar-refractivity contribution in [3.05, 3.63) is 29.8 Å². The third-order valence-electron chi connectivity index (χ3n) is 1.68. The Kier molecular flexibility index (Phi) is 8.88. The average Bonchev–Trinajstić information content (AvgIpc) is 2.26. The van der Waals surface area contributed by atoms with Crippen molar-refractivity contribution in [1.29, 1.82) is 0 Å². The molecule has 1 aromatic carbocycles. The molecule has 0 aliphatic heterocycles. The minimum atomic E-state index is -0.263. The molecule has 1 aromatic rings. The Bertz CT molecular complexity index is 300. The Hall–Kier alpha value is 0.476. The van der Waals surface area contributed by atoms with Gasteiger partial charge in [-0.1, -0.05) is 12.1 Å². The van der Waals surface area contributed by atoms with Crippen molar-refractivity contribution in [1.82, 2.24) is 0 Å². The number of benzene rings is 1. The molecule has 0 fully saturated rings. The van der Waals surface area contributed by atoms with Crippen molar-refractivity contribution in [2.75, 3.05) is 13.4 Å². The molecule has 1 rings (SSSR count). The van der Waals surface area contributed by atoms with Crippen LogP contribution in [0.25, 0.3) is 0 Å². The van der Waals surface area contributed by atoms with Gasteiger partial charge in [-0.2, -0.15) is 0 Å². The molecule has 0 unspecified atom stereocenters. The van der Waals surface area contributed by atoms with Crippen LogP contribution in [0.2, 0.25) is 0 Å². The number of hydrogen-bond donors (Lipinski definition) is 0. The summed E-state index contributed by atoms with van der Waals surface area (Å²) in [6, 6.07) is 7.41. The molecule has 0 spiro atoms. The van der Waals surface area contributed by atoms with Gasteiger partial charge in [0, 0.05) is 0 Å². The van der Waals surface area contributed by atoms with E-state index >= 15 is 0 Å². The zero-order valence-corrected chi connectivity index (χ0v) is 8.97. The number of carbonyl (C=O) groups excluding carboxylic acids is 1. The van der Waals surface area contributed by atoms with E-state index < -0.39 is 0 Å². The van der Waals surface area contributed by atoms with Crippen LogP contribution in [0.1, 0.15) is 5.56 Å². The molecule has 78 valence electrons. The van der Waals surface area contributed by atoms with Crippen LogP contribution in [-0.4, -0.2) is 70.1 Å². The van der Waals surface area contributed by atoms with E-state index in [0.29, 0.717) is 6.61 Å². The topological polar surface area (TPSA) is 35.5 Å². The van der Waals surface area contributed by atoms with Gasteiger partial charge >= 0.3 is 56.7 Å². The molecule has 0 radical (unpaired) electrons. The van der Waals surface area contributed by atoms with E-state index in [0.717, 1.165) is 23.1 Å². The van der Waals surface area contributed by atoms with Gasteiger partial charge in [-0.15, -0.1) is 0 Å². The SMILES string of the molecule is COc1ccc(COC(=O)SC)cc1.[KH]. The number of methoxy groups -OCH3 is 1. The van der Waals surface area contributed by atoms with E-state index in [1.54, 1.807) is 13.4 Å². The Morgan fingerprint density at radius 2 is 1.93 bits per heavy atom. The molecule has 5 heteroatoms. The number of rotatable bonds is 3. The average molecular weight is 252 g/mol. The minimum absolute atomic E-state index is 0. The second kappa shape index (κ2) is 8.61. The number of hydrogen-bond acceptors (Lipinski definition) is 4. The first-order chi connectivity index (χ1) is 6.76. The molecule has 0 atom stereocenters. The summed E-state index contributed by atoms with van der Waals surface area (Å²) in [7, 11) is 1.61. The standard InChI is InChI=1S/C10H12O3S.K.H/c1-12-9-5-3-8(4-6-9)7-13-10(11)14-2;;/h3-6H,7H2,1-2H3;;. The van der Waals surface area contributed by atoms with Gasteiger partial charge in [-0.3, -0.25) is 0 Å². The van der Waals surface area contributed by atoms with Gasteiger partial charge in [-0.05, 0) is 35.7 Å². The monoisotopic (exact) mass is 252 g/mol. The molecule has 0 heterocycles. The molecule has 0 aromatic heterocycles. The maximum absolute atomic E-state index is 10.8. The maximum atomic E-state index is 10.8. The van der Waals surface area contributed by atoms with E-state index in [1.807, 2.05) is 24.3 Å². The van der Waals surface area contributed by atoms with Gasteiger partial charge in [-0.25, -0.2) is 4.79 Å². The Morgan fingerprint density at radius 1 is 1.33 bits per heavy atom. The zero-order valence-electron chi connectivity index (χ0n) is 8.15. The van der Waals surface area contributed by atoms with Crippen LogP contribution in [0.3, 0.4) is 0 Å². The number of ether oxygens (including phenoxy) is 2. The summed E-state index contributed by atoms with van der Waals surface area (Å²) in [6.45, 7) is 0.309. The molecule has 0 bridgehead atoms. The zero-order chi connectivity index (χ0) is 10.4. The van der Waals surface area contributed by atoms with Gasteiger partial charge in [0.1, 0.15) is 12.4 Å². The van der Waals surface area contributed by atoms with Crippen molar-refractivity contribution in [3.63, 3.8) is 0 Å². The summed E-state index contributed by atoms with van der Waals surface area (Å²) in [5.41, 5.74) is 0.952. The summed E-state index contributed by atoms with van der Waals surface area (Å²) in [6.07, 6.45) is 1.69. The van der Waals surface area contributed by atoms with Crippen molar-refractivity contribution in [2.45, 2.75) is 6.61 Å². The van der Waals surface area contributed by atoms with Crippen LogP contribution < -0.4 is 4.74 Å². The van der Waals surface area contributed by atoms with Crippen molar-refractivity contribution >= 4 is 68.4 Å². The van der Waals surface area contributed by atoms with Crippen LogP contribution in [0.15, 0.2) is 24.3 Å². The third kappa shape index (κ3) is 5.94. The van der Waals surface area contributed by atoms with E-state index in [2.05, 4.69) is 0 Å². The molecule has 0 N–H and O–H groups in total. The fourth-order valence-electron chi connectivity index (χ4n) is 0.923. The molecule has 0 saturated heterocycles. The van der Waals surface area contributed by atoms with Gasteiger partial charge in [0.2, 0.25) is 0 Å². The predicted molar refractivity (Wildman–Crippen MR) is 63.8 cm³/mol. The Labute approximate surface area is 136 Å². The Balaban J connectivity index is 0.00000196. The quantitative estimate of drug-likeness (QED) is 0.609. The third-order valence-corrected chi connectivity index (χ3v) is 2.13. The Morgan fingerprint density at radius 3 is 2.40 bits per heavy atom. The van der Waals surface area contributed by atoms with E-state index in [-0.39, 0.29) is 56.7 Å². The van der Waals surface area contributed by atoms with Crippen LogP contribution in [0.5, 0.6) is 5.75 Å². The van der Waals surface area contributed by atoms with Crippen LogP contribution in [-0.2, 0) is 11.3 Å². The summed E-state index contributed by atoms with van der Waals surface area (Å²) >= 11 is 1.07. The summed E-state index contributed by atoms with van der Waals surface area (Å²) in [4.78, 5) is 10.8. The molecular weight excluding hydrogens is 239 g/mol. The normalized spacial score (nSPS) is 8.93. The second-order valence-corrected chi connectivity index (χ2v) is 3.33. The fraction of sp³-hybridized carbons (Fsp3) is 0.300. The molecular formula is C10H13KO3S. The summed E-state index contributed by atoms with van der Waals surface area (Å²) < 4.78 is 9.94.